The van der Waals surface area contributed by atoms with Crippen molar-refractivity contribution in [2.75, 3.05) is 33.5 Å². The lowest BCUT2D eigenvalue weighted by Crippen LogP contribution is -2.06. The maximum atomic E-state index is 8.80. The molecule has 0 saturated carbocycles. The van der Waals surface area contributed by atoms with Crippen molar-refractivity contribution in [2.45, 2.75) is 12.2 Å². The molecule has 2 saturated heterocycles. The van der Waals surface area contributed by atoms with E-state index in [1.165, 1.54) is 0 Å². The number of benzene rings is 1. The van der Waals surface area contributed by atoms with Crippen LogP contribution in [0, 0.1) is 0 Å². The third-order valence-electron chi connectivity index (χ3n) is 2.48. The number of epoxide rings is 2. The molecule has 2 aliphatic rings. The first-order valence-corrected chi connectivity index (χ1v) is 5.92. The zero-order valence-electron chi connectivity index (χ0n) is 10.4. The Balaban J connectivity index is 0.000000134. The summed E-state index contributed by atoms with van der Waals surface area (Å²) in [6.07, 6.45) is 0.785. The molecule has 2 heterocycles. The van der Waals surface area contributed by atoms with Gasteiger partial charge in [-0.3, -0.25) is 0 Å². The van der Waals surface area contributed by atoms with Crippen molar-refractivity contribution in [3.05, 3.63) is 24.3 Å². The van der Waals surface area contributed by atoms with E-state index in [9.17, 15) is 0 Å². The van der Waals surface area contributed by atoms with E-state index in [1.54, 1.807) is 31.4 Å². The Morgan fingerprint density at radius 3 is 2.00 bits per heavy atom. The maximum Gasteiger partial charge on any atom is 0.119 e. The van der Waals surface area contributed by atoms with E-state index in [1.807, 2.05) is 0 Å². The zero-order chi connectivity index (χ0) is 12.8. The van der Waals surface area contributed by atoms with Gasteiger partial charge in [-0.15, -0.1) is 0 Å². The molecule has 100 valence electrons. The highest BCUT2D eigenvalue weighted by Gasteiger charge is 2.26. The summed E-state index contributed by atoms with van der Waals surface area (Å²) in [6, 6.07) is 6.57. The Kier molecular flexibility index (Phi) is 4.81. The van der Waals surface area contributed by atoms with Crippen LogP contribution in [0.4, 0.5) is 0 Å². The zero-order valence-corrected chi connectivity index (χ0v) is 10.4. The van der Waals surface area contributed by atoms with Gasteiger partial charge in [0.25, 0.3) is 0 Å². The number of methoxy groups -OCH3 is 1. The Labute approximate surface area is 106 Å². The van der Waals surface area contributed by atoms with Crippen LogP contribution in [0.15, 0.2) is 24.3 Å². The summed E-state index contributed by atoms with van der Waals surface area (Å²) >= 11 is 0. The highest BCUT2D eigenvalue weighted by Crippen LogP contribution is 2.14. The quantitative estimate of drug-likeness (QED) is 0.800. The lowest BCUT2D eigenvalue weighted by Gasteiger charge is -1.96. The Bertz CT molecular complexity index is 331. The van der Waals surface area contributed by atoms with Crippen molar-refractivity contribution in [1.82, 2.24) is 0 Å². The lowest BCUT2D eigenvalue weighted by atomic mass is 10.3. The van der Waals surface area contributed by atoms with E-state index >= 15 is 0 Å². The smallest absolute Gasteiger partial charge is 0.119 e. The second-order valence-corrected chi connectivity index (χ2v) is 4.15. The van der Waals surface area contributed by atoms with Crippen molar-refractivity contribution in [3.63, 3.8) is 0 Å². The fourth-order valence-electron chi connectivity index (χ4n) is 1.24. The van der Waals surface area contributed by atoms with Gasteiger partial charge in [0.15, 0.2) is 0 Å². The van der Waals surface area contributed by atoms with Crippen LogP contribution in [0.25, 0.3) is 0 Å². The first-order valence-electron chi connectivity index (χ1n) is 5.92. The van der Waals surface area contributed by atoms with Crippen LogP contribution in [0.5, 0.6) is 11.5 Å². The van der Waals surface area contributed by atoms with E-state index in [0.717, 1.165) is 32.2 Å². The SMILES string of the molecule is C(OCC1CO1)C1CO1.COc1ccc(O)cc1. The molecular formula is C13H18O5. The van der Waals surface area contributed by atoms with Crippen molar-refractivity contribution in [1.29, 1.82) is 0 Å². The van der Waals surface area contributed by atoms with E-state index in [0.29, 0.717) is 12.2 Å². The fourth-order valence-corrected chi connectivity index (χ4v) is 1.24. The molecule has 0 spiro atoms. The summed E-state index contributed by atoms with van der Waals surface area (Å²) in [4.78, 5) is 0. The first-order chi connectivity index (χ1) is 8.78. The van der Waals surface area contributed by atoms with Gasteiger partial charge in [0.05, 0.1) is 33.5 Å². The third kappa shape index (κ3) is 5.35. The molecule has 2 atom stereocenters. The molecule has 2 aliphatic heterocycles. The molecule has 0 amide bonds. The molecule has 0 aliphatic carbocycles. The Morgan fingerprint density at radius 1 is 1.11 bits per heavy atom. The van der Waals surface area contributed by atoms with Crippen molar-refractivity contribution < 1.29 is 24.1 Å². The van der Waals surface area contributed by atoms with E-state index in [4.69, 9.17) is 24.1 Å². The molecule has 1 N–H and O–H groups in total. The second-order valence-electron chi connectivity index (χ2n) is 4.15. The monoisotopic (exact) mass is 254 g/mol. The number of rotatable bonds is 5. The van der Waals surface area contributed by atoms with Crippen LogP contribution >= 0.6 is 0 Å². The van der Waals surface area contributed by atoms with E-state index < -0.39 is 0 Å². The Morgan fingerprint density at radius 2 is 1.61 bits per heavy atom. The van der Waals surface area contributed by atoms with Crippen LogP contribution in [0.3, 0.4) is 0 Å². The number of phenols is 1. The summed E-state index contributed by atoms with van der Waals surface area (Å²) in [5, 5.41) is 8.80. The minimum absolute atomic E-state index is 0.260. The predicted octanol–water partition coefficient (Wildman–Crippen LogP) is 1.20. The number of hydrogen-bond acceptors (Lipinski definition) is 5. The minimum atomic E-state index is 0.260. The molecule has 5 heteroatoms. The second kappa shape index (κ2) is 6.58. The van der Waals surface area contributed by atoms with Crippen LogP contribution in [0.1, 0.15) is 0 Å². The number of hydrogen-bond donors (Lipinski definition) is 1. The van der Waals surface area contributed by atoms with Crippen molar-refractivity contribution in [3.8, 4) is 11.5 Å². The van der Waals surface area contributed by atoms with Gasteiger partial charge in [0, 0.05) is 0 Å². The molecule has 1 aromatic carbocycles. The molecule has 0 radical (unpaired) electrons. The van der Waals surface area contributed by atoms with Gasteiger partial charge in [0.1, 0.15) is 23.7 Å². The minimum Gasteiger partial charge on any atom is -0.508 e. The van der Waals surface area contributed by atoms with Gasteiger partial charge in [-0.1, -0.05) is 0 Å². The van der Waals surface area contributed by atoms with Crippen LogP contribution in [-0.2, 0) is 14.2 Å². The van der Waals surface area contributed by atoms with Gasteiger partial charge in [-0.25, -0.2) is 0 Å². The van der Waals surface area contributed by atoms with E-state index in [2.05, 4.69) is 0 Å². The van der Waals surface area contributed by atoms with Gasteiger partial charge < -0.3 is 24.1 Å². The molecule has 0 aromatic heterocycles. The third-order valence-corrected chi connectivity index (χ3v) is 2.48. The highest BCUT2D eigenvalue weighted by atomic mass is 16.6. The summed E-state index contributed by atoms with van der Waals surface area (Å²) in [5.41, 5.74) is 0. The van der Waals surface area contributed by atoms with Gasteiger partial charge in [0.2, 0.25) is 0 Å². The van der Waals surface area contributed by atoms with Crippen molar-refractivity contribution >= 4 is 0 Å². The van der Waals surface area contributed by atoms with Gasteiger partial charge >= 0.3 is 0 Å². The molecule has 5 nitrogen and oxygen atoms in total. The number of ether oxygens (including phenoxy) is 4. The molecule has 18 heavy (non-hydrogen) atoms. The summed E-state index contributed by atoms with van der Waals surface area (Å²) in [5.74, 6) is 1.02. The molecule has 3 rings (SSSR count). The summed E-state index contributed by atoms with van der Waals surface area (Å²) < 4.78 is 20.0. The highest BCUT2D eigenvalue weighted by molar-refractivity contribution is 5.29. The normalized spacial score (nSPS) is 23.8. The average molecular weight is 254 g/mol. The molecule has 1 aromatic rings. The maximum absolute atomic E-state index is 8.80. The van der Waals surface area contributed by atoms with Crippen LogP contribution in [0.2, 0.25) is 0 Å². The largest absolute Gasteiger partial charge is 0.508 e. The van der Waals surface area contributed by atoms with E-state index in [-0.39, 0.29) is 5.75 Å². The topological polar surface area (TPSA) is 63.8 Å². The predicted molar refractivity (Wildman–Crippen MR) is 65.0 cm³/mol. The molecular weight excluding hydrogens is 236 g/mol. The van der Waals surface area contributed by atoms with Crippen LogP contribution < -0.4 is 4.74 Å². The lowest BCUT2D eigenvalue weighted by molar-refractivity contribution is 0.102. The standard InChI is InChI=1S/C7H8O2.C6H10O3/c1-9-7-4-2-6(8)3-5-7;1(5-3-8-5)7-2-6-4-9-6/h2-5,8H,1H3;5-6H,1-4H2. The summed E-state index contributed by atoms with van der Waals surface area (Å²) in [7, 11) is 1.59. The van der Waals surface area contributed by atoms with Gasteiger partial charge in [-0.05, 0) is 24.3 Å². The first kappa shape index (κ1) is 13.1. The molecule has 2 unspecified atom stereocenters. The van der Waals surface area contributed by atoms with Crippen LogP contribution in [-0.4, -0.2) is 50.9 Å². The number of aromatic hydroxyl groups is 1. The van der Waals surface area contributed by atoms with Crippen molar-refractivity contribution in [2.24, 2.45) is 0 Å². The Hall–Kier alpha value is -1.30. The molecule has 2 fully saturated rings. The van der Waals surface area contributed by atoms with Gasteiger partial charge in [-0.2, -0.15) is 0 Å². The summed E-state index contributed by atoms with van der Waals surface area (Å²) in [6.45, 7) is 3.26. The average Bonchev–Trinajstić information content (AvgIpc) is 3.26. The number of phenolic OH excluding ortho intramolecular Hbond substituents is 1. The fraction of sp³-hybridized carbons (Fsp3) is 0.538. The molecule has 0 bridgehead atoms.